The summed E-state index contributed by atoms with van der Waals surface area (Å²) in [6.45, 7) is 0. The Kier molecular flexibility index (Phi) is 3.46. The van der Waals surface area contributed by atoms with Gasteiger partial charge in [-0.25, -0.2) is 4.79 Å². The Bertz CT molecular complexity index is 889. The Hall–Kier alpha value is -1.51. The lowest BCUT2D eigenvalue weighted by atomic mass is 10.2. The number of fused-ring (bicyclic) bond motifs is 1. The number of aromatic carboxylic acids is 1. The second-order valence-electron chi connectivity index (χ2n) is 4.25. The van der Waals surface area contributed by atoms with Crippen LogP contribution in [0.5, 0.6) is 0 Å². The van der Waals surface area contributed by atoms with Crippen molar-refractivity contribution in [3.8, 4) is 0 Å². The Labute approximate surface area is 131 Å². The van der Waals surface area contributed by atoms with E-state index in [1.54, 1.807) is 12.1 Å². The zero-order chi connectivity index (χ0) is 15.2. The van der Waals surface area contributed by atoms with Gasteiger partial charge in [-0.2, -0.15) is 8.42 Å². The average molecular weight is 386 g/mol. The normalized spacial score (nSPS) is 18.8. The van der Waals surface area contributed by atoms with E-state index in [1.165, 1.54) is 18.2 Å². The van der Waals surface area contributed by atoms with Crippen LogP contribution in [-0.4, -0.2) is 19.5 Å². The molecule has 8 heteroatoms. The fourth-order valence-corrected chi connectivity index (χ4v) is 6.20. The minimum Gasteiger partial charge on any atom is -0.478 e. The molecule has 5 nitrogen and oxygen atoms in total. The molecule has 1 aliphatic heterocycles. The molecule has 0 radical (unpaired) electrons. The summed E-state index contributed by atoms with van der Waals surface area (Å²) in [6.07, 6.45) is 0. The molecule has 1 aliphatic rings. The summed E-state index contributed by atoms with van der Waals surface area (Å²) >= 11 is 3.32. The molecule has 1 heterocycles. The fraction of sp³-hybridized carbons (Fsp3) is 0. The van der Waals surface area contributed by atoms with Crippen LogP contribution in [0.15, 0.2) is 65.4 Å². The summed E-state index contributed by atoms with van der Waals surface area (Å²) in [4.78, 5) is 12.2. The summed E-state index contributed by atoms with van der Waals surface area (Å²) in [5.41, 5.74) is -0.0613. The molecule has 0 aliphatic carbocycles. The fourth-order valence-electron chi connectivity index (χ4n) is 1.91. The molecule has 0 fully saturated rings. The van der Waals surface area contributed by atoms with E-state index in [9.17, 15) is 13.2 Å². The summed E-state index contributed by atoms with van der Waals surface area (Å²) in [5, 5.41) is 8.97. The maximum atomic E-state index is 12.1. The molecule has 1 N–H and O–H groups in total. The van der Waals surface area contributed by atoms with E-state index in [4.69, 9.17) is 5.11 Å². The standard InChI is InChI=1S/C13H8BrNO4S2/c14-9-2-4-10(5-3-9)20-11-6-1-8(13(16)17)7-12(11)21(18,19)15-20/h1-7H,(H,16,17). The van der Waals surface area contributed by atoms with Crippen molar-refractivity contribution in [2.24, 2.45) is 3.77 Å². The molecular formula is C13H8BrNO4S2. The number of benzene rings is 2. The first-order chi connectivity index (χ1) is 9.88. The predicted octanol–water partition coefficient (Wildman–Crippen LogP) is 3.07. The van der Waals surface area contributed by atoms with Gasteiger partial charge in [0.25, 0.3) is 10.0 Å². The Morgan fingerprint density at radius 1 is 1.14 bits per heavy atom. The third-order valence-electron chi connectivity index (χ3n) is 2.89. The van der Waals surface area contributed by atoms with Gasteiger partial charge in [0.1, 0.15) is 4.90 Å². The number of carboxylic acid groups (broad SMARTS) is 1. The van der Waals surface area contributed by atoms with Crippen LogP contribution in [0.3, 0.4) is 0 Å². The Balaban J connectivity index is 2.20. The SMILES string of the molecule is O=C(O)c1ccc2c(c1)S(=O)(=O)N=S2c1ccc(Br)cc1. The topological polar surface area (TPSA) is 83.8 Å². The van der Waals surface area contributed by atoms with Crippen molar-refractivity contribution in [2.45, 2.75) is 14.7 Å². The van der Waals surface area contributed by atoms with Gasteiger partial charge in [0.2, 0.25) is 0 Å². The van der Waals surface area contributed by atoms with Crippen LogP contribution in [0.25, 0.3) is 0 Å². The lowest BCUT2D eigenvalue weighted by molar-refractivity contribution is 0.0696. The summed E-state index contributed by atoms with van der Waals surface area (Å²) in [5.74, 6) is -1.16. The zero-order valence-corrected chi connectivity index (χ0v) is 13.6. The number of carboxylic acids is 1. The molecule has 0 spiro atoms. The maximum absolute atomic E-state index is 12.1. The van der Waals surface area contributed by atoms with Gasteiger partial charge < -0.3 is 5.11 Å². The van der Waals surface area contributed by atoms with Crippen molar-refractivity contribution in [2.75, 3.05) is 0 Å². The molecule has 1 atom stereocenters. The molecule has 0 saturated carbocycles. The monoisotopic (exact) mass is 385 g/mol. The van der Waals surface area contributed by atoms with Gasteiger partial charge in [-0.1, -0.05) is 15.9 Å². The van der Waals surface area contributed by atoms with Crippen LogP contribution in [0.1, 0.15) is 10.4 Å². The number of carbonyl (C=O) groups is 1. The van der Waals surface area contributed by atoms with E-state index in [-0.39, 0.29) is 10.5 Å². The van der Waals surface area contributed by atoms with Gasteiger partial charge in [0.15, 0.2) is 0 Å². The highest BCUT2D eigenvalue weighted by molar-refractivity contribution is 9.10. The van der Waals surface area contributed by atoms with E-state index in [0.717, 1.165) is 9.37 Å². The second-order valence-corrected chi connectivity index (χ2v) is 8.64. The first-order valence-electron chi connectivity index (χ1n) is 5.74. The predicted molar refractivity (Wildman–Crippen MR) is 81.1 cm³/mol. The van der Waals surface area contributed by atoms with Crippen molar-refractivity contribution in [3.05, 3.63) is 52.5 Å². The first kappa shape index (κ1) is 14.4. The third-order valence-corrected chi connectivity index (χ3v) is 7.31. The highest BCUT2D eigenvalue weighted by Crippen LogP contribution is 2.35. The molecule has 0 amide bonds. The van der Waals surface area contributed by atoms with E-state index in [1.807, 2.05) is 12.1 Å². The van der Waals surface area contributed by atoms with Gasteiger partial charge in [-0.15, -0.1) is 3.77 Å². The minimum absolute atomic E-state index is 0.0198. The molecule has 108 valence electrons. The van der Waals surface area contributed by atoms with Crippen molar-refractivity contribution < 1.29 is 18.3 Å². The Morgan fingerprint density at radius 3 is 2.43 bits per heavy atom. The van der Waals surface area contributed by atoms with Crippen LogP contribution in [-0.2, 0) is 20.7 Å². The Morgan fingerprint density at radius 2 is 1.81 bits per heavy atom. The van der Waals surface area contributed by atoms with E-state index < -0.39 is 26.7 Å². The average Bonchev–Trinajstić information content (AvgIpc) is 2.71. The lowest BCUT2D eigenvalue weighted by Gasteiger charge is -2.04. The van der Waals surface area contributed by atoms with Crippen molar-refractivity contribution in [1.82, 2.24) is 0 Å². The van der Waals surface area contributed by atoms with Crippen LogP contribution >= 0.6 is 15.9 Å². The van der Waals surface area contributed by atoms with Crippen LogP contribution < -0.4 is 0 Å². The lowest BCUT2D eigenvalue weighted by Crippen LogP contribution is -2.00. The van der Waals surface area contributed by atoms with Gasteiger partial charge in [-0.3, -0.25) is 0 Å². The number of hydrogen-bond acceptors (Lipinski definition) is 3. The van der Waals surface area contributed by atoms with Crippen LogP contribution in [0, 0.1) is 0 Å². The molecule has 0 bridgehead atoms. The summed E-state index contributed by atoms with van der Waals surface area (Å²) in [7, 11) is -4.75. The molecule has 0 saturated heterocycles. The number of sulfonamides is 1. The third kappa shape index (κ3) is 2.54. The highest BCUT2D eigenvalue weighted by atomic mass is 79.9. The van der Waals surface area contributed by atoms with Gasteiger partial charge in [0.05, 0.1) is 5.56 Å². The molecule has 3 rings (SSSR count). The van der Waals surface area contributed by atoms with Crippen molar-refractivity contribution in [1.29, 1.82) is 0 Å². The van der Waals surface area contributed by atoms with E-state index in [2.05, 4.69) is 19.7 Å². The molecule has 0 aromatic heterocycles. The molecule has 21 heavy (non-hydrogen) atoms. The maximum Gasteiger partial charge on any atom is 0.335 e. The molecule has 2 aromatic carbocycles. The van der Waals surface area contributed by atoms with E-state index in [0.29, 0.717) is 4.90 Å². The minimum atomic E-state index is -3.81. The first-order valence-corrected chi connectivity index (χ1v) is 9.15. The second kappa shape index (κ2) is 5.04. The summed E-state index contributed by atoms with van der Waals surface area (Å²) in [6, 6.07) is 11.3. The number of rotatable bonds is 2. The smallest absolute Gasteiger partial charge is 0.335 e. The molecular weight excluding hydrogens is 378 g/mol. The van der Waals surface area contributed by atoms with Gasteiger partial charge >= 0.3 is 5.97 Å². The molecule has 2 aromatic rings. The highest BCUT2D eigenvalue weighted by Gasteiger charge is 2.30. The van der Waals surface area contributed by atoms with E-state index >= 15 is 0 Å². The van der Waals surface area contributed by atoms with Gasteiger partial charge in [0, 0.05) is 14.3 Å². The number of halogens is 1. The van der Waals surface area contributed by atoms with Crippen molar-refractivity contribution in [3.63, 3.8) is 0 Å². The van der Waals surface area contributed by atoms with Gasteiger partial charge in [-0.05, 0) is 53.2 Å². The van der Waals surface area contributed by atoms with Crippen LogP contribution in [0.4, 0.5) is 0 Å². The zero-order valence-electron chi connectivity index (χ0n) is 10.4. The van der Waals surface area contributed by atoms with Crippen LogP contribution in [0.2, 0.25) is 0 Å². The number of hydrogen-bond donors (Lipinski definition) is 1. The largest absolute Gasteiger partial charge is 0.478 e. The molecule has 1 unspecified atom stereocenters. The van der Waals surface area contributed by atoms with Crippen molar-refractivity contribution >= 4 is 42.6 Å². The number of nitrogens with zero attached hydrogens (tertiary/aromatic N) is 1. The summed E-state index contributed by atoms with van der Waals surface area (Å²) < 4.78 is 29.0. The quantitative estimate of drug-likeness (QED) is 0.860.